The number of nitrogens with two attached hydrogens (primary N) is 1. The molecule has 0 amide bonds. The highest BCUT2D eigenvalue weighted by atomic mass is 16.6. The molecule has 3 rings (SSSR count). The van der Waals surface area contributed by atoms with Crippen LogP contribution in [0, 0.1) is 10.1 Å². The predicted octanol–water partition coefficient (Wildman–Crippen LogP) is 3.30. The summed E-state index contributed by atoms with van der Waals surface area (Å²) in [6.45, 7) is 0. The molecule has 2 aromatic carbocycles. The van der Waals surface area contributed by atoms with Gasteiger partial charge in [0, 0.05) is 23.3 Å². The summed E-state index contributed by atoms with van der Waals surface area (Å²) in [5, 5.41) is 10.7. The maximum atomic E-state index is 10.7. The molecule has 0 aliphatic rings. The lowest BCUT2D eigenvalue weighted by Gasteiger charge is -2.06. The summed E-state index contributed by atoms with van der Waals surface area (Å²) < 4.78 is 0. The summed E-state index contributed by atoms with van der Waals surface area (Å²) in [5.41, 5.74) is 8.83. The monoisotopic (exact) mass is 292 g/mol. The molecule has 108 valence electrons. The smallest absolute Gasteiger partial charge is 0.269 e. The molecular weight excluding hydrogens is 280 g/mol. The first-order chi connectivity index (χ1) is 10.6. The van der Waals surface area contributed by atoms with Crippen LogP contribution in [0.15, 0.2) is 60.7 Å². The van der Waals surface area contributed by atoms with Crippen molar-refractivity contribution < 1.29 is 4.92 Å². The van der Waals surface area contributed by atoms with Crippen LogP contribution in [0.25, 0.3) is 22.5 Å². The molecule has 0 saturated heterocycles. The van der Waals surface area contributed by atoms with Crippen LogP contribution in [0.3, 0.4) is 0 Å². The van der Waals surface area contributed by atoms with Gasteiger partial charge in [0.25, 0.3) is 5.69 Å². The average Bonchev–Trinajstić information content (AvgIpc) is 2.55. The molecule has 0 fully saturated rings. The standard InChI is InChI=1S/C16H12N4O2/c17-16-18-14(11-4-2-1-3-5-11)10-15(19-16)12-6-8-13(9-7-12)20(21)22/h1-10H,(H2,17,18,19). The summed E-state index contributed by atoms with van der Waals surface area (Å²) in [4.78, 5) is 18.7. The fraction of sp³-hybridized carbons (Fsp3) is 0. The van der Waals surface area contributed by atoms with Crippen LogP contribution in [-0.4, -0.2) is 14.9 Å². The number of rotatable bonds is 3. The van der Waals surface area contributed by atoms with E-state index in [1.807, 2.05) is 36.4 Å². The van der Waals surface area contributed by atoms with Gasteiger partial charge in [-0.1, -0.05) is 30.3 Å². The van der Waals surface area contributed by atoms with Crippen molar-refractivity contribution in [3.05, 3.63) is 70.8 Å². The van der Waals surface area contributed by atoms with Gasteiger partial charge in [-0.05, 0) is 18.2 Å². The normalized spacial score (nSPS) is 10.4. The third-order valence-electron chi connectivity index (χ3n) is 3.19. The Labute approximate surface area is 126 Å². The molecule has 0 radical (unpaired) electrons. The maximum Gasteiger partial charge on any atom is 0.269 e. The van der Waals surface area contributed by atoms with Crippen LogP contribution in [0.5, 0.6) is 0 Å². The molecule has 3 aromatic rings. The molecule has 22 heavy (non-hydrogen) atoms. The minimum Gasteiger partial charge on any atom is -0.368 e. The summed E-state index contributed by atoms with van der Waals surface area (Å²) in [6.07, 6.45) is 0. The first-order valence-electron chi connectivity index (χ1n) is 6.58. The minimum atomic E-state index is -0.437. The Morgan fingerprint density at radius 1 is 0.864 bits per heavy atom. The second-order valence-electron chi connectivity index (χ2n) is 4.67. The molecular formula is C16H12N4O2. The van der Waals surface area contributed by atoms with Gasteiger partial charge in [0.1, 0.15) is 0 Å². The van der Waals surface area contributed by atoms with Crippen molar-refractivity contribution in [1.82, 2.24) is 9.97 Å². The molecule has 0 aliphatic heterocycles. The molecule has 0 aliphatic carbocycles. The Morgan fingerprint density at radius 2 is 1.41 bits per heavy atom. The number of anilines is 1. The van der Waals surface area contributed by atoms with Crippen molar-refractivity contribution in [2.75, 3.05) is 5.73 Å². The van der Waals surface area contributed by atoms with Crippen LogP contribution >= 0.6 is 0 Å². The molecule has 0 saturated carbocycles. The minimum absolute atomic E-state index is 0.0362. The first kappa shape index (κ1) is 13.7. The average molecular weight is 292 g/mol. The summed E-state index contributed by atoms with van der Waals surface area (Å²) >= 11 is 0. The van der Waals surface area contributed by atoms with Gasteiger partial charge in [0.05, 0.1) is 16.3 Å². The SMILES string of the molecule is Nc1nc(-c2ccccc2)cc(-c2ccc([N+](=O)[O-])cc2)n1. The molecule has 0 spiro atoms. The fourth-order valence-corrected chi connectivity index (χ4v) is 2.12. The molecule has 6 nitrogen and oxygen atoms in total. The van der Waals surface area contributed by atoms with E-state index in [1.165, 1.54) is 12.1 Å². The van der Waals surface area contributed by atoms with Gasteiger partial charge in [0.2, 0.25) is 5.95 Å². The Kier molecular flexibility index (Phi) is 3.49. The molecule has 2 N–H and O–H groups in total. The van der Waals surface area contributed by atoms with Crippen LogP contribution in [-0.2, 0) is 0 Å². The van der Waals surface area contributed by atoms with E-state index in [-0.39, 0.29) is 11.6 Å². The lowest BCUT2D eigenvalue weighted by atomic mass is 10.1. The summed E-state index contributed by atoms with van der Waals surface area (Å²) in [5.74, 6) is 0.162. The quantitative estimate of drug-likeness (QED) is 0.590. The zero-order chi connectivity index (χ0) is 15.5. The molecule has 1 heterocycles. The van der Waals surface area contributed by atoms with E-state index in [0.29, 0.717) is 11.4 Å². The predicted molar refractivity (Wildman–Crippen MR) is 84.0 cm³/mol. The summed E-state index contributed by atoms with van der Waals surface area (Å²) in [6, 6.07) is 17.6. The Hall–Kier alpha value is -3.28. The number of hydrogen-bond acceptors (Lipinski definition) is 5. The van der Waals surface area contributed by atoms with E-state index in [1.54, 1.807) is 12.1 Å². The van der Waals surface area contributed by atoms with Gasteiger partial charge in [-0.2, -0.15) is 0 Å². The Morgan fingerprint density at radius 3 is 1.95 bits per heavy atom. The van der Waals surface area contributed by atoms with Gasteiger partial charge in [-0.25, -0.2) is 9.97 Å². The van der Waals surface area contributed by atoms with Crippen molar-refractivity contribution in [1.29, 1.82) is 0 Å². The van der Waals surface area contributed by atoms with E-state index in [9.17, 15) is 10.1 Å². The molecule has 6 heteroatoms. The van der Waals surface area contributed by atoms with Crippen LogP contribution in [0.1, 0.15) is 0 Å². The highest BCUT2D eigenvalue weighted by Gasteiger charge is 2.09. The van der Waals surface area contributed by atoms with Gasteiger partial charge in [-0.3, -0.25) is 10.1 Å². The number of nitrogens with zero attached hydrogens (tertiary/aromatic N) is 3. The largest absolute Gasteiger partial charge is 0.368 e. The second kappa shape index (κ2) is 5.61. The van der Waals surface area contributed by atoms with E-state index in [4.69, 9.17) is 5.73 Å². The maximum absolute atomic E-state index is 10.7. The van der Waals surface area contributed by atoms with E-state index in [0.717, 1.165) is 11.1 Å². The highest BCUT2D eigenvalue weighted by Crippen LogP contribution is 2.25. The number of nitro benzene ring substituents is 1. The van der Waals surface area contributed by atoms with Gasteiger partial charge < -0.3 is 5.73 Å². The van der Waals surface area contributed by atoms with Gasteiger partial charge in [0.15, 0.2) is 0 Å². The fourth-order valence-electron chi connectivity index (χ4n) is 2.12. The van der Waals surface area contributed by atoms with E-state index in [2.05, 4.69) is 9.97 Å². The zero-order valence-corrected chi connectivity index (χ0v) is 11.5. The van der Waals surface area contributed by atoms with Crippen molar-refractivity contribution in [3.63, 3.8) is 0 Å². The number of aromatic nitrogens is 2. The number of nitro groups is 1. The second-order valence-corrected chi connectivity index (χ2v) is 4.67. The topological polar surface area (TPSA) is 94.9 Å². The Bertz CT molecular complexity index is 817. The number of nitrogen functional groups attached to an aromatic ring is 1. The number of non-ortho nitro benzene ring substituents is 1. The lowest BCUT2D eigenvalue weighted by Crippen LogP contribution is -1.98. The third kappa shape index (κ3) is 2.76. The third-order valence-corrected chi connectivity index (χ3v) is 3.19. The molecule has 0 bridgehead atoms. The lowest BCUT2D eigenvalue weighted by molar-refractivity contribution is -0.384. The van der Waals surface area contributed by atoms with Gasteiger partial charge >= 0.3 is 0 Å². The molecule has 1 aromatic heterocycles. The Balaban J connectivity index is 2.04. The number of benzene rings is 2. The van der Waals surface area contributed by atoms with Crippen molar-refractivity contribution in [2.24, 2.45) is 0 Å². The van der Waals surface area contributed by atoms with E-state index < -0.39 is 4.92 Å². The van der Waals surface area contributed by atoms with Crippen LogP contribution in [0.2, 0.25) is 0 Å². The molecule has 0 unspecified atom stereocenters. The van der Waals surface area contributed by atoms with Gasteiger partial charge in [-0.15, -0.1) is 0 Å². The number of hydrogen-bond donors (Lipinski definition) is 1. The van der Waals surface area contributed by atoms with Crippen molar-refractivity contribution in [3.8, 4) is 22.5 Å². The first-order valence-corrected chi connectivity index (χ1v) is 6.58. The molecule has 0 atom stereocenters. The highest BCUT2D eigenvalue weighted by molar-refractivity contribution is 5.69. The summed E-state index contributed by atoms with van der Waals surface area (Å²) in [7, 11) is 0. The van der Waals surface area contributed by atoms with Crippen molar-refractivity contribution >= 4 is 11.6 Å². The van der Waals surface area contributed by atoms with Crippen molar-refractivity contribution in [2.45, 2.75) is 0 Å². The van der Waals surface area contributed by atoms with Crippen LogP contribution in [0.4, 0.5) is 11.6 Å². The van der Waals surface area contributed by atoms with E-state index >= 15 is 0 Å². The zero-order valence-electron chi connectivity index (χ0n) is 11.5. The van der Waals surface area contributed by atoms with Crippen LogP contribution < -0.4 is 5.73 Å².